The maximum Gasteiger partial charge on any atom is 0.243 e. The van der Waals surface area contributed by atoms with E-state index in [1.54, 1.807) is 16.4 Å². The van der Waals surface area contributed by atoms with Crippen LogP contribution in [0.25, 0.3) is 0 Å². The molecular formula is C26H27ClN2O2S. The van der Waals surface area contributed by atoms with Crippen molar-refractivity contribution < 1.29 is 8.42 Å². The van der Waals surface area contributed by atoms with E-state index in [0.717, 1.165) is 23.2 Å². The van der Waals surface area contributed by atoms with Crippen LogP contribution in [-0.2, 0) is 10.0 Å². The highest BCUT2D eigenvalue weighted by Gasteiger charge is 2.52. The van der Waals surface area contributed by atoms with Gasteiger partial charge < -0.3 is 5.32 Å². The van der Waals surface area contributed by atoms with E-state index in [4.69, 9.17) is 11.6 Å². The molecule has 3 aromatic carbocycles. The molecule has 5 rings (SSSR count). The number of nitrogens with one attached hydrogen (secondary N) is 1. The molecule has 0 radical (unpaired) electrons. The zero-order valence-electron chi connectivity index (χ0n) is 18.2. The fourth-order valence-corrected chi connectivity index (χ4v) is 7.37. The van der Waals surface area contributed by atoms with Gasteiger partial charge in [-0.15, -0.1) is 0 Å². The standard InChI is InChI=1S/C26H27ClN2O2S/c1-3-24-26-22(16-29(24)32(30,31)20-12-9-17(2)10-13-20)25(18-7-5-4-6-8-18)21-15-19(27)11-14-23(21)28-26/h4-15,22,24-26,28H,3,16H2,1-2H3/t22-,24+,25+,26-/m1/s1. The predicted molar refractivity (Wildman–Crippen MR) is 130 cm³/mol. The minimum atomic E-state index is -3.61. The van der Waals surface area contributed by atoms with E-state index in [0.29, 0.717) is 16.5 Å². The molecule has 0 aromatic heterocycles. The first-order valence-electron chi connectivity index (χ1n) is 11.1. The molecule has 0 aliphatic carbocycles. The number of hydrogen-bond donors (Lipinski definition) is 1. The van der Waals surface area contributed by atoms with E-state index < -0.39 is 10.0 Å². The summed E-state index contributed by atoms with van der Waals surface area (Å²) in [5.41, 5.74) is 4.41. The highest BCUT2D eigenvalue weighted by Crippen LogP contribution is 2.49. The average molecular weight is 467 g/mol. The molecule has 166 valence electrons. The third kappa shape index (κ3) is 3.53. The molecule has 1 N–H and O–H groups in total. The molecule has 0 bridgehead atoms. The van der Waals surface area contributed by atoms with Crippen LogP contribution in [0.4, 0.5) is 5.69 Å². The SMILES string of the molecule is CC[C@H]1[C@@H]2Nc3ccc(Cl)cc3[C@H](c3ccccc3)[C@H]2CN1S(=O)(=O)c1ccc(C)cc1. The first-order valence-corrected chi connectivity index (χ1v) is 12.9. The summed E-state index contributed by atoms with van der Waals surface area (Å²) >= 11 is 6.39. The molecule has 0 unspecified atom stereocenters. The Labute approximate surface area is 195 Å². The van der Waals surface area contributed by atoms with Crippen molar-refractivity contribution in [3.05, 3.63) is 94.5 Å². The molecule has 1 saturated heterocycles. The van der Waals surface area contributed by atoms with Crippen molar-refractivity contribution in [3.63, 3.8) is 0 Å². The molecule has 32 heavy (non-hydrogen) atoms. The van der Waals surface area contributed by atoms with Gasteiger partial charge in [-0.2, -0.15) is 4.31 Å². The lowest BCUT2D eigenvalue weighted by Gasteiger charge is -2.38. The summed E-state index contributed by atoms with van der Waals surface area (Å²) in [5.74, 6) is 0.178. The number of hydrogen-bond acceptors (Lipinski definition) is 3. The van der Waals surface area contributed by atoms with E-state index >= 15 is 0 Å². The summed E-state index contributed by atoms with van der Waals surface area (Å²) in [7, 11) is -3.61. The van der Waals surface area contributed by atoms with Crippen molar-refractivity contribution in [2.24, 2.45) is 5.92 Å². The van der Waals surface area contributed by atoms with Gasteiger partial charge in [-0.05, 0) is 54.8 Å². The van der Waals surface area contributed by atoms with Crippen molar-refractivity contribution in [3.8, 4) is 0 Å². The first kappa shape index (κ1) is 21.5. The maximum atomic E-state index is 13.7. The van der Waals surface area contributed by atoms with Crippen LogP contribution in [0.5, 0.6) is 0 Å². The third-order valence-electron chi connectivity index (χ3n) is 6.94. The number of rotatable bonds is 4. The molecule has 3 aromatic rings. The minimum absolute atomic E-state index is 0.0269. The Bertz CT molecular complexity index is 1230. The van der Waals surface area contributed by atoms with E-state index in [-0.39, 0.29) is 23.9 Å². The van der Waals surface area contributed by atoms with Gasteiger partial charge in [-0.3, -0.25) is 0 Å². The van der Waals surface area contributed by atoms with Crippen LogP contribution in [0.1, 0.15) is 36.0 Å². The zero-order chi connectivity index (χ0) is 22.5. The third-order valence-corrected chi connectivity index (χ3v) is 9.08. The molecular weight excluding hydrogens is 440 g/mol. The van der Waals surface area contributed by atoms with Gasteiger partial charge in [-0.25, -0.2) is 8.42 Å². The van der Waals surface area contributed by atoms with Crippen LogP contribution >= 0.6 is 11.6 Å². The molecule has 2 heterocycles. The van der Waals surface area contributed by atoms with E-state index in [1.807, 2.05) is 55.5 Å². The smallest absolute Gasteiger partial charge is 0.243 e. The van der Waals surface area contributed by atoms with Crippen molar-refractivity contribution in [1.82, 2.24) is 4.31 Å². The molecule has 0 spiro atoms. The number of anilines is 1. The molecule has 4 atom stereocenters. The van der Waals surface area contributed by atoms with Gasteiger partial charge in [-0.1, -0.05) is 66.6 Å². The monoisotopic (exact) mass is 466 g/mol. The summed E-state index contributed by atoms with van der Waals surface area (Å²) in [6, 6.07) is 23.4. The van der Waals surface area contributed by atoms with Gasteiger partial charge >= 0.3 is 0 Å². The molecule has 4 nitrogen and oxygen atoms in total. The fourth-order valence-electron chi connectivity index (χ4n) is 5.44. The van der Waals surface area contributed by atoms with Gasteiger partial charge in [0.15, 0.2) is 0 Å². The molecule has 1 fully saturated rings. The zero-order valence-corrected chi connectivity index (χ0v) is 19.8. The number of fused-ring (bicyclic) bond motifs is 2. The number of nitrogens with zero attached hydrogens (tertiary/aromatic N) is 1. The van der Waals surface area contributed by atoms with Crippen LogP contribution in [-0.4, -0.2) is 31.4 Å². The summed E-state index contributed by atoms with van der Waals surface area (Å²) in [5, 5.41) is 4.38. The Morgan fingerprint density at radius 1 is 1.03 bits per heavy atom. The van der Waals surface area contributed by atoms with E-state index in [9.17, 15) is 8.42 Å². The quantitative estimate of drug-likeness (QED) is 0.538. The minimum Gasteiger partial charge on any atom is -0.380 e. The highest BCUT2D eigenvalue weighted by molar-refractivity contribution is 7.89. The second kappa shape index (κ2) is 8.22. The molecule has 2 aliphatic rings. The fraction of sp³-hybridized carbons (Fsp3) is 0.308. The summed E-state index contributed by atoms with van der Waals surface area (Å²) in [4.78, 5) is 0.358. The van der Waals surface area contributed by atoms with Gasteiger partial charge in [0, 0.05) is 41.2 Å². The highest BCUT2D eigenvalue weighted by atomic mass is 35.5. The van der Waals surface area contributed by atoms with Gasteiger partial charge in [0.05, 0.1) is 4.90 Å². The van der Waals surface area contributed by atoms with Crippen molar-refractivity contribution in [2.45, 2.75) is 43.2 Å². The Morgan fingerprint density at radius 3 is 2.44 bits per heavy atom. The van der Waals surface area contributed by atoms with Crippen LogP contribution in [0.2, 0.25) is 5.02 Å². The Kier molecular flexibility index (Phi) is 5.52. The summed E-state index contributed by atoms with van der Waals surface area (Å²) < 4.78 is 29.1. The van der Waals surface area contributed by atoms with Gasteiger partial charge in [0.2, 0.25) is 10.0 Å². The van der Waals surface area contributed by atoms with E-state index in [2.05, 4.69) is 24.4 Å². The lowest BCUT2D eigenvalue weighted by atomic mass is 9.74. The van der Waals surface area contributed by atoms with Crippen molar-refractivity contribution in [1.29, 1.82) is 0 Å². The molecule has 2 aliphatic heterocycles. The number of sulfonamides is 1. The van der Waals surface area contributed by atoms with Gasteiger partial charge in [0.1, 0.15) is 0 Å². The van der Waals surface area contributed by atoms with Crippen LogP contribution < -0.4 is 5.32 Å². The average Bonchev–Trinajstić information content (AvgIpc) is 3.17. The second-order valence-corrected chi connectivity index (χ2v) is 11.1. The topological polar surface area (TPSA) is 49.4 Å². The molecule has 0 amide bonds. The normalized spacial score (nSPS) is 25.1. The van der Waals surface area contributed by atoms with Crippen LogP contribution in [0, 0.1) is 12.8 Å². The number of halogens is 1. The largest absolute Gasteiger partial charge is 0.380 e. The van der Waals surface area contributed by atoms with Crippen molar-refractivity contribution in [2.75, 3.05) is 11.9 Å². The predicted octanol–water partition coefficient (Wildman–Crippen LogP) is 5.67. The first-order chi connectivity index (χ1) is 15.4. The second-order valence-electron chi connectivity index (χ2n) is 8.82. The molecule has 6 heteroatoms. The van der Waals surface area contributed by atoms with Crippen LogP contribution in [0.3, 0.4) is 0 Å². The van der Waals surface area contributed by atoms with Gasteiger partial charge in [0.25, 0.3) is 0 Å². The van der Waals surface area contributed by atoms with Crippen LogP contribution in [0.15, 0.2) is 77.7 Å². The lowest BCUT2D eigenvalue weighted by molar-refractivity contribution is 0.369. The Morgan fingerprint density at radius 2 is 1.75 bits per heavy atom. The number of benzene rings is 3. The van der Waals surface area contributed by atoms with E-state index in [1.165, 1.54) is 5.56 Å². The Balaban J connectivity index is 1.61. The lowest BCUT2D eigenvalue weighted by Crippen LogP contribution is -2.44. The van der Waals surface area contributed by atoms with Crippen molar-refractivity contribution >= 4 is 27.3 Å². The maximum absolute atomic E-state index is 13.7. The summed E-state index contributed by atoms with van der Waals surface area (Å²) in [6.45, 7) is 4.51. The number of aryl methyl sites for hydroxylation is 1. The Hall–Kier alpha value is -2.34. The summed E-state index contributed by atoms with van der Waals surface area (Å²) in [6.07, 6.45) is 0.740. The molecule has 0 saturated carbocycles.